The highest BCUT2D eigenvalue weighted by Crippen LogP contribution is 2.30. The lowest BCUT2D eigenvalue weighted by Crippen LogP contribution is -1.95. The van der Waals surface area contributed by atoms with Gasteiger partial charge in [0.2, 0.25) is 0 Å². The number of aliphatic hydroxyl groups excluding tert-OH is 1. The first kappa shape index (κ1) is 15.2. The Kier molecular flexibility index (Phi) is 4.09. The fraction of sp³-hybridized carbons (Fsp3) is 0.0952. The summed E-state index contributed by atoms with van der Waals surface area (Å²) in [6, 6.07) is 14.2. The first-order valence-corrected chi connectivity index (χ1v) is 7.57. The first-order valence-electron chi connectivity index (χ1n) is 7.57. The van der Waals surface area contributed by atoms with Crippen molar-refractivity contribution >= 4 is 23.1 Å². The summed E-state index contributed by atoms with van der Waals surface area (Å²) in [6.07, 6.45) is 3.60. The minimum Gasteiger partial charge on any atom is -0.392 e. The van der Waals surface area contributed by atoms with Gasteiger partial charge in [0.05, 0.1) is 17.8 Å². The third kappa shape index (κ3) is 2.69. The van der Waals surface area contributed by atoms with E-state index in [2.05, 4.69) is 38.3 Å². The van der Waals surface area contributed by atoms with Crippen molar-refractivity contribution in [2.75, 3.05) is 0 Å². The number of rotatable bonds is 4. The molecule has 0 saturated carbocycles. The van der Waals surface area contributed by atoms with Crippen LogP contribution in [0.3, 0.4) is 0 Å². The third-order valence-corrected chi connectivity index (χ3v) is 4.04. The molecule has 0 saturated heterocycles. The number of hydrogen-bond donors (Lipinski definition) is 1. The van der Waals surface area contributed by atoms with Gasteiger partial charge >= 0.3 is 0 Å². The maximum atomic E-state index is 9.54. The maximum Gasteiger partial charge on any atom is 0.0721 e. The van der Waals surface area contributed by atoms with E-state index in [1.807, 2.05) is 30.3 Å². The lowest BCUT2D eigenvalue weighted by molar-refractivity contribution is 0.282. The fourth-order valence-corrected chi connectivity index (χ4v) is 2.91. The Labute approximate surface area is 136 Å². The average Bonchev–Trinajstić information content (AvgIpc) is 2.59. The maximum absolute atomic E-state index is 9.54. The van der Waals surface area contributed by atoms with Crippen LogP contribution in [-0.2, 0) is 6.61 Å². The number of aromatic nitrogens is 1. The molecular formula is C21H19NO. The molecule has 1 aromatic heterocycles. The van der Waals surface area contributed by atoms with E-state index >= 15 is 0 Å². The van der Waals surface area contributed by atoms with E-state index in [0.29, 0.717) is 0 Å². The van der Waals surface area contributed by atoms with Gasteiger partial charge < -0.3 is 5.11 Å². The predicted molar refractivity (Wildman–Crippen MR) is 98.0 cm³/mol. The predicted octanol–water partition coefficient (Wildman–Crippen LogP) is 4.99. The molecule has 0 unspecified atom stereocenters. The lowest BCUT2D eigenvalue weighted by Gasteiger charge is -2.13. The van der Waals surface area contributed by atoms with Gasteiger partial charge in [-0.1, -0.05) is 55.1 Å². The van der Waals surface area contributed by atoms with Gasteiger partial charge in [0, 0.05) is 10.9 Å². The monoisotopic (exact) mass is 301 g/mol. The second-order valence-electron chi connectivity index (χ2n) is 5.57. The molecule has 0 aliphatic heterocycles. The van der Waals surface area contributed by atoms with E-state index in [0.717, 1.165) is 38.9 Å². The zero-order valence-electron chi connectivity index (χ0n) is 13.2. The second kappa shape index (κ2) is 6.19. The van der Waals surface area contributed by atoms with E-state index in [1.165, 1.54) is 5.56 Å². The van der Waals surface area contributed by atoms with E-state index in [-0.39, 0.29) is 6.61 Å². The Hall–Kier alpha value is -2.71. The molecule has 1 N–H and O–H groups in total. The lowest BCUT2D eigenvalue weighted by atomic mass is 9.96. The quantitative estimate of drug-likeness (QED) is 0.736. The molecule has 2 aromatic carbocycles. The van der Waals surface area contributed by atoms with Gasteiger partial charge in [0.25, 0.3) is 0 Å². The topological polar surface area (TPSA) is 33.1 Å². The van der Waals surface area contributed by atoms with Crippen molar-refractivity contribution in [3.63, 3.8) is 0 Å². The van der Waals surface area contributed by atoms with Gasteiger partial charge in [-0.2, -0.15) is 0 Å². The van der Waals surface area contributed by atoms with Gasteiger partial charge in [-0.05, 0) is 41.8 Å². The van der Waals surface area contributed by atoms with Gasteiger partial charge in [0.15, 0.2) is 0 Å². The van der Waals surface area contributed by atoms with Crippen molar-refractivity contribution in [1.29, 1.82) is 0 Å². The largest absolute Gasteiger partial charge is 0.392 e. The van der Waals surface area contributed by atoms with Crippen LogP contribution in [0.2, 0.25) is 0 Å². The molecule has 23 heavy (non-hydrogen) atoms. The molecule has 1 heterocycles. The highest BCUT2D eigenvalue weighted by Gasteiger charge is 2.11. The summed E-state index contributed by atoms with van der Waals surface area (Å²) < 4.78 is 0. The normalized spacial score (nSPS) is 10.7. The summed E-state index contributed by atoms with van der Waals surface area (Å²) in [5.41, 5.74) is 6.85. The third-order valence-electron chi connectivity index (χ3n) is 4.04. The highest BCUT2D eigenvalue weighted by atomic mass is 16.3. The van der Waals surface area contributed by atoms with Crippen LogP contribution in [0.25, 0.3) is 34.3 Å². The van der Waals surface area contributed by atoms with E-state index < -0.39 is 0 Å². The van der Waals surface area contributed by atoms with Crippen molar-refractivity contribution in [3.05, 3.63) is 77.9 Å². The van der Waals surface area contributed by atoms with Crippen LogP contribution >= 0.6 is 0 Å². The molecule has 0 radical (unpaired) electrons. The molecule has 3 rings (SSSR count). The van der Waals surface area contributed by atoms with Crippen LogP contribution in [0.1, 0.15) is 22.3 Å². The van der Waals surface area contributed by atoms with E-state index in [4.69, 9.17) is 4.98 Å². The van der Waals surface area contributed by atoms with Gasteiger partial charge in [-0.15, -0.1) is 0 Å². The van der Waals surface area contributed by atoms with Crippen molar-refractivity contribution in [2.24, 2.45) is 0 Å². The molecule has 114 valence electrons. The molecular weight excluding hydrogens is 282 g/mol. The van der Waals surface area contributed by atoms with Crippen molar-refractivity contribution < 1.29 is 5.11 Å². The number of aryl methyl sites for hydroxylation is 1. The summed E-state index contributed by atoms with van der Waals surface area (Å²) in [4.78, 5) is 4.80. The summed E-state index contributed by atoms with van der Waals surface area (Å²) in [5.74, 6) is 0. The SMILES string of the molecule is C=Cc1cc(-c2cccc(C)c2)nc2ccc(CO)c(C=C)c12. The molecule has 0 aliphatic carbocycles. The summed E-state index contributed by atoms with van der Waals surface area (Å²) in [7, 11) is 0. The molecule has 2 heteroatoms. The van der Waals surface area contributed by atoms with Crippen LogP contribution in [0, 0.1) is 6.92 Å². The minimum absolute atomic E-state index is 0.0203. The Balaban J connectivity index is 2.34. The molecule has 0 aliphatic rings. The van der Waals surface area contributed by atoms with Gasteiger partial charge in [0.1, 0.15) is 0 Å². The van der Waals surface area contributed by atoms with Crippen LogP contribution < -0.4 is 0 Å². The standard InChI is InChI=1S/C21H19NO/c1-4-15-12-20(16-8-6-7-14(3)11-16)22-19-10-9-17(13-23)18(5-2)21(15)19/h4-12,23H,1-2,13H2,3H3. The summed E-state index contributed by atoms with van der Waals surface area (Å²) >= 11 is 0. The Morgan fingerprint density at radius 3 is 2.57 bits per heavy atom. The number of nitrogens with zero attached hydrogens (tertiary/aromatic N) is 1. The highest BCUT2D eigenvalue weighted by molar-refractivity contribution is 5.97. The second-order valence-corrected chi connectivity index (χ2v) is 5.57. The minimum atomic E-state index is -0.0203. The number of fused-ring (bicyclic) bond motifs is 1. The van der Waals surface area contributed by atoms with Crippen molar-refractivity contribution in [3.8, 4) is 11.3 Å². The molecule has 0 fully saturated rings. The molecule has 3 aromatic rings. The average molecular weight is 301 g/mol. The Morgan fingerprint density at radius 1 is 1.09 bits per heavy atom. The van der Waals surface area contributed by atoms with Crippen LogP contribution in [0.15, 0.2) is 55.6 Å². The smallest absolute Gasteiger partial charge is 0.0721 e. The van der Waals surface area contributed by atoms with Gasteiger partial charge in [-0.3, -0.25) is 0 Å². The molecule has 2 nitrogen and oxygen atoms in total. The summed E-state index contributed by atoms with van der Waals surface area (Å²) in [5, 5.41) is 10.5. The van der Waals surface area contributed by atoms with E-state index in [9.17, 15) is 5.11 Å². The molecule has 0 atom stereocenters. The van der Waals surface area contributed by atoms with E-state index in [1.54, 1.807) is 6.08 Å². The Bertz CT molecular complexity index is 909. The number of aliphatic hydroxyl groups is 1. The van der Waals surface area contributed by atoms with Crippen LogP contribution in [0.4, 0.5) is 0 Å². The summed E-state index contributed by atoms with van der Waals surface area (Å²) in [6.45, 7) is 9.88. The van der Waals surface area contributed by atoms with Crippen molar-refractivity contribution in [2.45, 2.75) is 13.5 Å². The number of benzene rings is 2. The Morgan fingerprint density at radius 2 is 1.91 bits per heavy atom. The molecule has 0 amide bonds. The van der Waals surface area contributed by atoms with Crippen LogP contribution in [0.5, 0.6) is 0 Å². The van der Waals surface area contributed by atoms with Crippen molar-refractivity contribution in [1.82, 2.24) is 4.98 Å². The first-order chi connectivity index (χ1) is 11.2. The number of pyridine rings is 1. The zero-order valence-corrected chi connectivity index (χ0v) is 13.2. The molecule has 0 bridgehead atoms. The zero-order chi connectivity index (χ0) is 16.4. The molecule has 0 spiro atoms. The number of hydrogen-bond acceptors (Lipinski definition) is 2. The fourth-order valence-electron chi connectivity index (χ4n) is 2.91. The van der Waals surface area contributed by atoms with Gasteiger partial charge in [-0.25, -0.2) is 4.98 Å². The van der Waals surface area contributed by atoms with Crippen LogP contribution in [-0.4, -0.2) is 10.1 Å².